The molecule has 0 bridgehead atoms. The normalized spacial score (nSPS) is 18.0. The van der Waals surface area contributed by atoms with Gasteiger partial charge in [0.2, 0.25) is 0 Å². The van der Waals surface area contributed by atoms with Crippen molar-refractivity contribution in [3.63, 3.8) is 0 Å². The molecule has 0 atom stereocenters. The second-order valence-electron chi connectivity index (χ2n) is 4.37. The van der Waals surface area contributed by atoms with E-state index in [0.717, 1.165) is 17.1 Å². The Morgan fingerprint density at radius 3 is 2.73 bits per heavy atom. The largest absolute Gasteiger partial charge is 0.325 e. The maximum Gasteiger partial charge on any atom is 0.0754 e. The fraction of sp³-hybridized carbons (Fsp3) is 0.667. The minimum atomic E-state index is 0.499. The molecule has 1 aromatic rings. The lowest BCUT2D eigenvalue weighted by Gasteiger charge is -2.21. The van der Waals surface area contributed by atoms with Crippen LogP contribution in [0.3, 0.4) is 0 Å². The van der Waals surface area contributed by atoms with Gasteiger partial charge in [0.15, 0.2) is 0 Å². The molecule has 1 aromatic heterocycles. The van der Waals surface area contributed by atoms with Crippen molar-refractivity contribution in [2.75, 3.05) is 0 Å². The Bertz CT molecular complexity index is 330. The maximum absolute atomic E-state index is 5.65. The van der Waals surface area contributed by atoms with E-state index in [-0.39, 0.29) is 0 Å². The van der Waals surface area contributed by atoms with Crippen LogP contribution in [-0.4, -0.2) is 9.97 Å². The molecule has 3 heteroatoms. The third-order valence-corrected chi connectivity index (χ3v) is 3.29. The summed E-state index contributed by atoms with van der Waals surface area (Å²) in [5, 5.41) is 0. The molecule has 0 amide bonds. The predicted octanol–water partition coefficient (Wildman–Crippen LogP) is 2.29. The minimum Gasteiger partial charge on any atom is -0.325 e. The van der Waals surface area contributed by atoms with Gasteiger partial charge in [0, 0.05) is 18.7 Å². The zero-order valence-electron chi connectivity index (χ0n) is 9.37. The first-order valence-electron chi connectivity index (χ1n) is 5.83. The number of rotatable bonds is 2. The number of hydrogen-bond donors (Lipinski definition) is 1. The summed E-state index contributed by atoms with van der Waals surface area (Å²) in [7, 11) is 0. The second-order valence-corrected chi connectivity index (χ2v) is 4.37. The van der Waals surface area contributed by atoms with Crippen molar-refractivity contribution >= 4 is 0 Å². The highest BCUT2D eigenvalue weighted by atomic mass is 14.8. The van der Waals surface area contributed by atoms with Crippen molar-refractivity contribution in [3.8, 4) is 0 Å². The van der Waals surface area contributed by atoms with Gasteiger partial charge >= 0.3 is 0 Å². The van der Waals surface area contributed by atoms with Gasteiger partial charge in [-0.1, -0.05) is 19.3 Å². The first-order chi connectivity index (χ1) is 7.31. The smallest absolute Gasteiger partial charge is 0.0754 e. The summed E-state index contributed by atoms with van der Waals surface area (Å²) >= 11 is 0. The Balaban J connectivity index is 2.20. The number of nitrogens with two attached hydrogens (primary N) is 1. The van der Waals surface area contributed by atoms with Gasteiger partial charge in [0.1, 0.15) is 0 Å². The molecule has 0 radical (unpaired) electrons. The van der Waals surface area contributed by atoms with Crippen LogP contribution in [0.2, 0.25) is 0 Å². The molecular formula is C12H19N3. The number of nitrogens with zero attached hydrogens (tertiary/aromatic N) is 2. The molecule has 0 saturated heterocycles. The predicted molar refractivity (Wildman–Crippen MR) is 60.5 cm³/mol. The summed E-state index contributed by atoms with van der Waals surface area (Å²) < 4.78 is 0. The van der Waals surface area contributed by atoms with E-state index in [4.69, 9.17) is 5.73 Å². The Kier molecular flexibility index (Phi) is 3.31. The van der Waals surface area contributed by atoms with E-state index < -0.39 is 0 Å². The van der Waals surface area contributed by atoms with E-state index in [1.165, 1.54) is 32.1 Å². The van der Waals surface area contributed by atoms with Crippen LogP contribution < -0.4 is 5.73 Å². The van der Waals surface area contributed by atoms with Gasteiger partial charge in [-0.2, -0.15) is 0 Å². The van der Waals surface area contributed by atoms with Crippen LogP contribution in [0.25, 0.3) is 0 Å². The molecule has 0 aliphatic heterocycles. The Morgan fingerprint density at radius 2 is 2.07 bits per heavy atom. The third-order valence-electron chi connectivity index (χ3n) is 3.29. The van der Waals surface area contributed by atoms with E-state index >= 15 is 0 Å². The monoisotopic (exact) mass is 205 g/mol. The molecule has 2 N–H and O–H groups in total. The minimum absolute atomic E-state index is 0.499. The summed E-state index contributed by atoms with van der Waals surface area (Å²) in [6.07, 6.45) is 8.50. The molecule has 0 aromatic carbocycles. The van der Waals surface area contributed by atoms with E-state index in [9.17, 15) is 0 Å². The Labute approximate surface area is 91.1 Å². The molecule has 3 nitrogen and oxygen atoms in total. The fourth-order valence-electron chi connectivity index (χ4n) is 2.29. The molecule has 15 heavy (non-hydrogen) atoms. The lowest BCUT2D eigenvalue weighted by molar-refractivity contribution is 0.434. The molecular weight excluding hydrogens is 186 g/mol. The molecule has 1 aliphatic rings. The van der Waals surface area contributed by atoms with E-state index in [2.05, 4.69) is 9.97 Å². The maximum atomic E-state index is 5.65. The van der Waals surface area contributed by atoms with Crippen LogP contribution >= 0.6 is 0 Å². The summed E-state index contributed by atoms with van der Waals surface area (Å²) in [4.78, 5) is 9.01. The van der Waals surface area contributed by atoms with Crippen molar-refractivity contribution in [1.82, 2.24) is 9.97 Å². The highest BCUT2D eigenvalue weighted by Gasteiger charge is 2.17. The van der Waals surface area contributed by atoms with Crippen LogP contribution in [0.15, 0.2) is 6.20 Å². The van der Waals surface area contributed by atoms with Gasteiger partial charge in [-0.25, -0.2) is 0 Å². The highest BCUT2D eigenvalue weighted by molar-refractivity contribution is 5.15. The second kappa shape index (κ2) is 4.71. The van der Waals surface area contributed by atoms with Crippen LogP contribution in [0, 0.1) is 6.92 Å². The van der Waals surface area contributed by atoms with Crippen molar-refractivity contribution in [2.45, 2.75) is 51.5 Å². The summed E-state index contributed by atoms with van der Waals surface area (Å²) in [6, 6.07) is 0. The van der Waals surface area contributed by atoms with Crippen LogP contribution in [0.5, 0.6) is 0 Å². The van der Waals surface area contributed by atoms with Crippen LogP contribution in [0.1, 0.15) is 55.1 Å². The third kappa shape index (κ3) is 2.34. The van der Waals surface area contributed by atoms with E-state index in [0.29, 0.717) is 12.5 Å². The number of aromatic nitrogens is 2. The van der Waals surface area contributed by atoms with Crippen molar-refractivity contribution in [3.05, 3.63) is 23.3 Å². The molecule has 1 fully saturated rings. The van der Waals surface area contributed by atoms with E-state index in [1.54, 1.807) is 0 Å². The number of hydrogen-bond acceptors (Lipinski definition) is 3. The average molecular weight is 205 g/mol. The van der Waals surface area contributed by atoms with Gasteiger partial charge in [-0.05, 0) is 19.8 Å². The summed E-state index contributed by atoms with van der Waals surface area (Å²) in [5.41, 5.74) is 8.73. The van der Waals surface area contributed by atoms with Crippen molar-refractivity contribution < 1.29 is 0 Å². The lowest BCUT2D eigenvalue weighted by atomic mass is 9.87. The molecule has 0 unspecified atom stereocenters. The zero-order valence-corrected chi connectivity index (χ0v) is 9.37. The zero-order chi connectivity index (χ0) is 10.7. The number of aryl methyl sites for hydroxylation is 1. The molecule has 1 heterocycles. The SMILES string of the molecule is Cc1ncc(C2CCCCC2)nc1CN. The van der Waals surface area contributed by atoms with E-state index in [1.807, 2.05) is 13.1 Å². The van der Waals surface area contributed by atoms with Gasteiger partial charge in [-0.3, -0.25) is 9.97 Å². The molecule has 1 aliphatic carbocycles. The highest BCUT2D eigenvalue weighted by Crippen LogP contribution is 2.31. The van der Waals surface area contributed by atoms with Crippen LogP contribution in [-0.2, 0) is 6.54 Å². The van der Waals surface area contributed by atoms with Gasteiger partial charge < -0.3 is 5.73 Å². The van der Waals surface area contributed by atoms with Crippen molar-refractivity contribution in [2.24, 2.45) is 5.73 Å². The molecule has 1 saturated carbocycles. The first-order valence-corrected chi connectivity index (χ1v) is 5.83. The average Bonchev–Trinajstić information content (AvgIpc) is 2.31. The Morgan fingerprint density at radius 1 is 1.33 bits per heavy atom. The Hall–Kier alpha value is -0.960. The molecule has 2 rings (SSSR count). The van der Waals surface area contributed by atoms with Crippen molar-refractivity contribution in [1.29, 1.82) is 0 Å². The lowest BCUT2D eigenvalue weighted by Crippen LogP contribution is -2.11. The topological polar surface area (TPSA) is 51.8 Å². The van der Waals surface area contributed by atoms with Gasteiger partial charge in [0.05, 0.1) is 17.1 Å². The quantitative estimate of drug-likeness (QED) is 0.806. The summed E-state index contributed by atoms with van der Waals surface area (Å²) in [6.45, 7) is 2.47. The fourth-order valence-corrected chi connectivity index (χ4v) is 2.29. The summed E-state index contributed by atoms with van der Waals surface area (Å²) in [5.74, 6) is 0.622. The van der Waals surface area contributed by atoms with Crippen LogP contribution in [0.4, 0.5) is 0 Å². The molecule has 82 valence electrons. The standard InChI is InChI=1S/C12H19N3/c1-9-11(7-13)15-12(8-14-9)10-5-3-2-4-6-10/h8,10H,2-7,13H2,1H3. The first kappa shape index (κ1) is 10.6. The molecule has 0 spiro atoms. The van der Waals surface area contributed by atoms with Gasteiger partial charge in [-0.15, -0.1) is 0 Å². The van der Waals surface area contributed by atoms with Gasteiger partial charge in [0.25, 0.3) is 0 Å².